The Kier molecular flexibility index (Phi) is 6.33. The monoisotopic (exact) mass is 428 g/mol. The number of carbonyl (C=O) groups excluding carboxylic acids is 1. The van der Waals surface area contributed by atoms with Gasteiger partial charge in [-0.25, -0.2) is 0 Å². The van der Waals surface area contributed by atoms with Gasteiger partial charge in [0.25, 0.3) is 0 Å². The van der Waals surface area contributed by atoms with Crippen LogP contribution in [0.1, 0.15) is 62.5 Å². The molecule has 0 bridgehead atoms. The third-order valence-electron chi connectivity index (χ3n) is 6.89. The SMILES string of the molecule is O=C(CCC1CCCCC1)NC1N=C(c2ccccc2)c2ccccc2N2CCCN=C12. The van der Waals surface area contributed by atoms with Gasteiger partial charge in [-0.1, -0.05) is 80.6 Å². The van der Waals surface area contributed by atoms with Crippen LogP contribution in [0.2, 0.25) is 0 Å². The van der Waals surface area contributed by atoms with Crippen LogP contribution in [-0.2, 0) is 4.79 Å². The van der Waals surface area contributed by atoms with Gasteiger partial charge in [-0.05, 0) is 24.8 Å². The van der Waals surface area contributed by atoms with Crippen molar-refractivity contribution in [2.24, 2.45) is 15.9 Å². The van der Waals surface area contributed by atoms with Crippen LogP contribution in [-0.4, -0.2) is 36.7 Å². The maximum absolute atomic E-state index is 13.0. The molecule has 1 atom stereocenters. The number of rotatable bonds is 5. The van der Waals surface area contributed by atoms with Crippen molar-refractivity contribution in [3.63, 3.8) is 0 Å². The molecule has 1 fully saturated rings. The smallest absolute Gasteiger partial charge is 0.221 e. The van der Waals surface area contributed by atoms with Crippen molar-refractivity contribution in [1.82, 2.24) is 5.32 Å². The minimum atomic E-state index is -0.461. The van der Waals surface area contributed by atoms with Crippen LogP contribution in [0, 0.1) is 5.92 Å². The van der Waals surface area contributed by atoms with Gasteiger partial charge in [0.1, 0.15) is 5.84 Å². The van der Waals surface area contributed by atoms with E-state index >= 15 is 0 Å². The fourth-order valence-electron chi connectivity index (χ4n) is 5.22. The highest BCUT2D eigenvalue weighted by Gasteiger charge is 2.32. The van der Waals surface area contributed by atoms with Crippen LogP contribution < -0.4 is 10.2 Å². The summed E-state index contributed by atoms with van der Waals surface area (Å²) in [5, 5.41) is 3.23. The number of aliphatic imine (C=N–C) groups is 2. The molecule has 5 heteroatoms. The number of hydrogen-bond acceptors (Lipinski definition) is 4. The van der Waals surface area contributed by atoms with Gasteiger partial charge in [0.05, 0.1) is 11.4 Å². The highest BCUT2D eigenvalue weighted by Crippen LogP contribution is 2.30. The molecule has 1 amide bonds. The number of carbonyl (C=O) groups is 1. The minimum absolute atomic E-state index is 0.0796. The molecule has 2 aromatic rings. The van der Waals surface area contributed by atoms with Gasteiger partial charge in [-0.3, -0.25) is 14.8 Å². The Labute approximate surface area is 190 Å². The molecule has 32 heavy (non-hydrogen) atoms. The van der Waals surface area contributed by atoms with Crippen LogP contribution in [0.4, 0.5) is 5.69 Å². The number of para-hydroxylation sites is 1. The largest absolute Gasteiger partial charge is 0.328 e. The first-order valence-corrected chi connectivity index (χ1v) is 12.1. The molecule has 1 saturated carbocycles. The Hall–Kier alpha value is -2.95. The van der Waals surface area contributed by atoms with Gasteiger partial charge in [-0.2, -0.15) is 0 Å². The lowest BCUT2D eigenvalue weighted by atomic mass is 9.86. The Bertz CT molecular complexity index is 1010. The molecule has 166 valence electrons. The third kappa shape index (κ3) is 4.47. The molecular weight excluding hydrogens is 396 g/mol. The Morgan fingerprint density at radius 3 is 2.59 bits per heavy atom. The zero-order chi connectivity index (χ0) is 21.8. The van der Waals surface area contributed by atoms with Crippen molar-refractivity contribution >= 4 is 23.1 Å². The van der Waals surface area contributed by atoms with E-state index in [2.05, 4.69) is 46.6 Å². The van der Waals surface area contributed by atoms with E-state index in [1.807, 2.05) is 18.2 Å². The number of fused-ring (bicyclic) bond motifs is 3. The number of amidine groups is 1. The van der Waals surface area contributed by atoms with Crippen molar-refractivity contribution in [1.29, 1.82) is 0 Å². The molecule has 2 heterocycles. The molecule has 2 aromatic carbocycles. The summed E-state index contributed by atoms with van der Waals surface area (Å²) in [6, 6.07) is 18.7. The zero-order valence-corrected chi connectivity index (χ0v) is 18.7. The van der Waals surface area contributed by atoms with Crippen molar-refractivity contribution < 1.29 is 4.79 Å². The highest BCUT2D eigenvalue weighted by molar-refractivity contribution is 6.21. The predicted octanol–water partition coefficient (Wildman–Crippen LogP) is 4.95. The lowest BCUT2D eigenvalue weighted by Gasteiger charge is -2.32. The molecular formula is C27H32N4O. The van der Waals surface area contributed by atoms with E-state index in [1.54, 1.807) is 0 Å². The van der Waals surface area contributed by atoms with Crippen LogP contribution in [0.25, 0.3) is 0 Å². The standard InChI is InChI=1S/C27H32N4O/c32-24(17-16-20-10-3-1-4-11-20)29-26-27-28-18-9-19-31(27)23-15-8-7-14-22(23)25(30-26)21-12-5-2-6-13-21/h2,5-8,12-15,20,26H,1,3-4,9-11,16-19H2,(H,29,32). The van der Waals surface area contributed by atoms with Crippen LogP contribution >= 0.6 is 0 Å². The van der Waals surface area contributed by atoms with Crippen LogP contribution in [0.15, 0.2) is 64.6 Å². The van der Waals surface area contributed by atoms with Gasteiger partial charge < -0.3 is 10.2 Å². The predicted molar refractivity (Wildman–Crippen MR) is 131 cm³/mol. The molecule has 3 aliphatic rings. The summed E-state index contributed by atoms with van der Waals surface area (Å²) in [6.07, 6.45) is 8.58. The summed E-state index contributed by atoms with van der Waals surface area (Å²) in [4.78, 5) is 25.2. The average Bonchev–Trinajstić information content (AvgIpc) is 2.99. The first-order valence-electron chi connectivity index (χ1n) is 12.1. The lowest BCUT2D eigenvalue weighted by molar-refractivity contribution is -0.121. The number of amides is 1. The Morgan fingerprint density at radius 1 is 0.969 bits per heavy atom. The topological polar surface area (TPSA) is 57.1 Å². The molecule has 0 radical (unpaired) electrons. The number of nitrogens with zero attached hydrogens (tertiary/aromatic N) is 3. The van der Waals surface area contributed by atoms with Crippen LogP contribution in [0.3, 0.4) is 0 Å². The molecule has 2 aliphatic heterocycles. The van der Waals surface area contributed by atoms with E-state index in [1.165, 1.54) is 32.1 Å². The van der Waals surface area contributed by atoms with Crippen molar-refractivity contribution in [2.45, 2.75) is 57.5 Å². The van der Waals surface area contributed by atoms with E-state index in [0.717, 1.165) is 54.3 Å². The zero-order valence-electron chi connectivity index (χ0n) is 18.7. The maximum atomic E-state index is 13.0. The van der Waals surface area contributed by atoms with Crippen LogP contribution in [0.5, 0.6) is 0 Å². The fourth-order valence-corrected chi connectivity index (χ4v) is 5.22. The van der Waals surface area contributed by atoms with E-state index in [9.17, 15) is 4.79 Å². The minimum Gasteiger partial charge on any atom is -0.328 e. The van der Waals surface area contributed by atoms with E-state index < -0.39 is 6.17 Å². The average molecular weight is 429 g/mol. The Morgan fingerprint density at radius 2 is 1.75 bits per heavy atom. The summed E-state index contributed by atoms with van der Waals surface area (Å²) < 4.78 is 0. The van der Waals surface area contributed by atoms with E-state index in [0.29, 0.717) is 12.3 Å². The second-order valence-corrected chi connectivity index (χ2v) is 9.12. The number of hydrogen-bond donors (Lipinski definition) is 1. The van der Waals surface area contributed by atoms with Crippen molar-refractivity contribution in [3.05, 3.63) is 65.7 Å². The van der Waals surface area contributed by atoms with Gasteiger partial charge in [0.15, 0.2) is 6.17 Å². The third-order valence-corrected chi connectivity index (χ3v) is 6.89. The maximum Gasteiger partial charge on any atom is 0.221 e. The second-order valence-electron chi connectivity index (χ2n) is 9.12. The number of anilines is 1. The fraction of sp³-hybridized carbons (Fsp3) is 0.444. The van der Waals surface area contributed by atoms with Crippen molar-refractivity contribution in [2.75, 3.05) is 18.0 Å². The summed E-state index contributed by atoms with van der Waals surface area (Å²) in [6.45, 7) is 1.67. The highest BCUT2D eigenvalue weighted by atomic mass is 16.1. The summed E-state index contributed by atoms with van der Waals surface area (Å²) in [7, 11) is 0. The summed E-state index contributed by atoms with van der Waals surface area (Å²) >= 11 is 0. The van der Waals surface area contributed by atoms with Crippen molar-refractivity contribution in [3.8, 4) is 0 Å². The number of benzene rings is 2. The molecule has 1 unspecified atom stereocenters. The Balaban J connectivity index is 1.45. The summed E-state index contributed by atoms with van der Waals surface area (Å²) in [5.74, 6) is 1.64. The molecule has 1 N–H and O–H groups in total. The molecule has 5 nitrogen and oxygen atoms in total. The van der Waals surface area contributed by atoms with Gasteiger partial charge in [-0.15, -0.1) is 0 Å². The molecule has 5 rings (SSSR count). The normalized spacial score (nSPS) is 21.0. The number of nitrogens with one attached hydrogen (secondary N) is 1. The van der Waals surface area contributed by atoms with Gasteiger partial charge in [0, 0.05) is 30.6 Å². The first-order chi connectivity index (χ1) is 15.8. The molecule has 0 aromatic heterocycles. The lowest BCUT2D eigenvalue weighted by Crippen LogP contribution is -2.49. The molecule has 1 aliphatic carbocycles. The van der Waals surface area contributed by atoms with E-state index in [-0.39, 0.29) is 5.91 Å². The summed E-state index contributed by atoms with van der Waals surface area (Å²) in [5.41, 5.74) is 4.18. The molecule has 0 saturated heterocycles. The quantitative estimate of drug-likeness (QED) is 0.733. The first kappa shape index (κ1) is 20.9. The second kappa shape index (κ2) is 9.68. The van der Waals surface area contributed by atoms with E-state index in [4.69, 9.17) is 9.98 Å². The van der Waals surface area contributed by atoms with Gasteiger partial charge in [0.2, 0.25) is 5.91 Å². The molecule has 0 spiro atoms. The van der Waals surface area contributed by atoms with Gasteiger partial charge >= 0.3 is 0 Å².